The van der Waals surface area contributed by atoms with E-state index >= 15 is 0 Å². The van der Waals surface area contributed by atoms with E-state index in [0.717, 1.165) is 27.8 Å². The van der Waals surface area contributed by atoms with Gasteiger partial charge in [-0.2, -0.15) is 0 Å². The molecule has 5 rings (SSSR count). The van der Waals surface area contributed by atoms with Crippen molar-refractivity contribution in [3.63, 3.8) is 0 Å². The van der Waals surface area contributed by atoms with Gasteiger partial charge in [0.05, 0.1) is 30.6 Å². The smallest absolute Gasteiger partial charge is 0.489 e. The number of anilines is 1. The maximum absolute atomic E-state index is 12.3. The minimum Gasteiger partial charge on any atom is -0.489 e. The van der Waals surface area contributed by atoms with Gasteiger partial charge in [0, 0.05) is 11.8 Å². The highest BCUT2D eigenvalue weighted by Crippen LogP contribution is 2.38. The lowest BCUT2D eigenvalue weighted by molar-refractivity contribution is -0.157. The summed E-state index contributed by atoms with van der Waals surface area (Å²) in [6.45, 7) is 5.96. The van der Waals surface area contributed by atoms with Crippen LogP contribution < -0.4 is 10.5 Å². The number of nitrogens with two attached hydrogens (primary N) is 1. The quantitative estimate of drug-likeness (QED) is 0.326. The van der Waals surface area contributed by atoms with Crippen LogP contribution in [0.5, 0.6) is 5.75 Å². The molecule has 0 bridgehead atoms. The SMILES string of the molecule is CC(C)(C)OC(=O)ON1C[C@@H](n2cc(-c3ccc(OCc4ccccc4)cc3)c3c(N)ncnc32)C[C@@H]1CO. The number of nitrogen functional groups attached to an aromatic ring is 1. The molecule has 1 saturated heterocycles. The molecule has 1 aliphatic rings. The first-order chi connectivity index (χ1) is 18.7. The molecule has 1 aliphatic heterocycles. The van der Waals surface area contributed by atoms with E-state index in [9.17, 15) is 9.90 Å². The summed E-state index contributed by atoms with van der Waals surface area (Å²) in [4.78, 5) is 26.5. The Bertz CT molecular complexity index is 1430. The molecule has 0 saturated carbocycles. The number of carbonyl (C=O) groups excluding carboxylic acids is 1. The van der Waals surface area contributed by atoms with E-state index in [1.807, 2.05) is 65.4 Å². The van der Waals surface area contributed by atoms with Crippen molar-refractivity contribution in [1.29, 1.82) is 0 Å². The number of aliphatic hydroxyl groups excluding tert-OH is 1. The van der Waals surface area contributed by atoms with Crippen LogP contribution in [0.4, 0.5) is 10.6 Å². The number of hydrogen-bond donors (Lipinski definition) is 2. The van der Waals surface area contributed by atoms with Gasteiger partial charge in [0.2, 0.25) is 0 Å². The van der Waals surface area contributed by atoms with Crippen LogP contribution in [0.15, 0.2) is 67.1 Å². The highest BCUT2D eigenvalue weighted by molar-refractivity contribution is 6.00. The molecular weight excluding hydrogens is 498 g/mol. The van der Waals surface area contributed by atoms with Gasteiger partial charge in [0.1, 0.15) is 35.7 Å². The first kappa shape index (κ1) is 26.5. The third kappa shape index (κ3) is 5.97. The first-order valence-corrected chi connectivity index (χ1v) is 12.9. The third-order valence-electron chi connectivity index (χ3n) is 6.58. The molecule has 2 aromatic heterocycles. The Balaban J connectivity index is 1.39. The Kier molecular flexibility index (Phi) is 7.40. The maximum Gasteiger partial charge on any atom is 0.528 e. The molecule has 10 nitrogen and oxygen atoms in total. The largest absolute Gasteiger partial charge is 0.528 e. The molecule has 0 spiro atoms. The van der Waals surface area contributed by atoms with Gasteiger partial charge in [0.15, 0.2) is 0 Å². The molecule has 0 radical (unpaired) electrons. The number of nitrogens with zero attached hydrogens (tertiary/aromatic N) is 4. The van der Waals surface area contributed by atoms with E-state index in [1.54, 1.807) is 20.8 Å². The Morgan fingerprint density at radius 2 is 1.85 bits per heavy atom. The number of hydroxylamine groups is 2. The van der Waals surface area contributed by atoms with Gasteiger partial charge in [-0.3, -0.25) is 0 Å². The Morgan fingerprint density at radius 3 is 2.54 bits per heavy atom. The summed E-state index contributed by atoms with van der Waals surface area (Å²) in [6, 6.07) is 17.3. The minimum atomic E-state index is -0.805. The van der Waals surface area contributed by atoms with Crippen LogP contribution in [0.25, 0.3) is 22.2 Å². The van der Waals surface area contributed by atoms with E-state index in [1.165, 1.54) is 11.4 Å². The van der Waals surface area contributed by atoms with Crippen molar-refractivity contribution in [1.82, 2.24) is 19.6 Å². The summed E-state index contributed by atoms with van der Waals surface area (Å²) >= 11 is 0. The number of rotatable bonds is 7. The van der Waals surface area contributed by atoms with Gasteiger partial charge < -0.3 is 29.7 Å². The van der Waals surface area contributed by atoms with Gasteiger partial charge in [-0.05, 0) is 50.5 Å². The molecule has 2 atom stereocenters. The summed E-state index contributed by atoms with van der Waals surface area (Å²) in [5.41, 5.74) is 9.22. The van der Waals surface area contributed by atoms with Gasteiger partial charge in [-0.15, -0.1) is 5.06 Å². The second kappa shape index (κ2) is 10.9. The number of hydrogen-bond acceptors (Lipinski definition) is 9. The zero-order chi connectivity index (χ0) is 27.6. The van der Waals surface area contributed by atoms with E-state index in [0.29, 0.717) is 31.0 Å². The van der Waals surface area contributed by atoms with Crippen molar-refractivity contribution in [2.24, 2.45) is 0 Å². The summed E-state index contributed by atoms with van der Waals surface area (Å²) < 4.78 is 13.3. The molecule has 10 heteroatoms. The maximum atomic E-state index is 12.3. The van der Waals surface area contributed by atoms with Crippen molar-refractivity contribution in [2.75, 3.05) is 18.9 Å². The van der Waals surface area contributed by atoms with E-state index < -0.39 is 11.8 Å². The lowest BCUT2D eigenvalue weighted by Gasteiger charge is -2.24. The van der Waals surface area contributed by atoms with Crippen LogP contribution in [0.3, 0.4) is 0 Å². The van der Waals surface area contributed by atoms with Crippen LogP contribution in [0.2, 0.25) is 0 Å². The fourth-order valence-corrected chi connectivity index (χ4v) is 4.78. The van der Waals surface area contributed by atoms with E-state index in [2.05, 4.69) is 9.97 Å². The van der Waals surface area contributed by atoms with E-state index in [-0.39, 0.29) is 18.7 Å². The van der Waals surface area contributed by atoms with Crippen LogP contribution >= 0.6 is 0 Å². The number of benzene rings is 2. The van der Waals surface area contributed by atoms with Gasteiger partial charge in [-0.1, -0.05) is 42.5 Å². The molecule has 3 N–H and O–H groups in total. The molecular formula is C29H33N5O5. The van der Waals surface area contributed by atoms with Crippen LogP contribution in [-0.2, 0) is 16.2 Å². The molecule has 3 heterocycles. The molecule has 0 amide bonds. The fourth-order valence-electron chi connectivity index (χ4n) is 4.78. The van der Waals surface area contributed by atoms with Crippen molar-refractivity contribution in [3.05, 3.63) is 72.7 Å². The Morgan fingerprint density at radius 1 is 1.10 bits per heavy atom. The number of ether oxygens (including phenoxy) is 2. The second-order valence-electron chi connectivity index (χ2n) is 10.6. The highest BCUT2D eigenvalue weighted by atomic mass is 16.8. The standard InChI is InChI=1S/C29H33N5O5/c1-29(2,3)38-28(36)39-34-14-21(13-22(34)16-35)33-15-24(25-26(30)31-18-32-27(25)33)20-9-11-23(12-10-20)37-17-19-7-5-4-6-8-19/h4-12,15,18,21-22,35H,13-14,16-17H2,1-3H3,(H2,30,31,32)/t21-,22+/m0/s1. The molecule has 2 aromatic carbocycles. The number of aliphatic hydroxyl groups is 1. The predicted molar refractivity (Wildman–Crippen MR) is 147 cm³/mol. The first-order valence-electron chi connectivity index (χ1n) is 12.9. The van der Waals surface area contributed by atoms with Crippen LogP contribution in [0.1, 0.15) is 38.8 Å². The van der Waals surface area contributed by atoms with Gasteiger partial charge in [-0.25, -0.2) is 14.8 Å². The second-order valence-corrected chi connectivity index (χ2v) is 10.6. The predicted octanol–water partition coefficient (Wildman–Crippen LogP) is 4.73. The lowest BCUT2D eigenvalue weighted by Crippen LogP contribution is -2.37. The van der Waals surface area contributed by atoms with Gasteiger partial charge >= 0.3 is 6.16 Å². The molecule has 39 heavy (non-hydrogen) atoms. The van der Waals surface area contributed by atoms with Crippen molar-refractivity contribution in [3.8, 4) is 16.9 Å². The summed E-state index contributed by atoms with van der Waals surface area (Å²) in [7, 11) is 0. The van der Waals surface area contributed by atoms with Crippen molar-refractivity contribution < 1.29 is 24.2 Å². The Labute approximate surface area is 226 Å². The average Bonchev–Trinajstić information content (AvgIpc) is 3.49. The fraction of sp³-hybridized carbons (Fsp3) is 0.345. The van der Waals surface area contributed by atoms with Crippen LogP contribution in [0, 0.1) is 0 Å². The Hall–Kier alpha value is -4.15. The monoisotopic (exact) mass is 531 g/mol. The summed E-state index contributed by atoms with van der Waals surface area (Å²) in [6.07, 6.45) is 3.16. The molecule has 204 valence electrons. The van der Waals surface area contributed by atoms with Gasteiger partial charge in [0.25, 0.3) is 0 Å². The number of fused-ring (bicyclic) bond motifs is 1. The highest BCUT2D eigenvalue weighted by Gasteiger charge is 2.37. The number of carbonyl (C=O) groups is 1. The number of aromatic nitrogens is 3. The van der Waals surface area contributed by atoms with Crippen molar-refractivity contribution >= 4 is 23.0 Å². The molecule has 1 fully saturated rings. The van der Waals surface area contributed by atoms with Crippen LogP contribution in [-0.4, -0.2) is 55.7 Å². The zero-order valence-corrected chi connectivity index (χ0v) is 22.3. The molecule has 0 unspecified atom stereocenters. The minimum absolute atomic E-state index is 0.136. The zero-order valence-electron chi connectivity index (χ0n) is 22.3. The van der Waals surface area contributed by atoms with Crippen molar-refractivity contribution in [2.45, 2.75) is 51.5 Å². The summed E-state index contributed by atoms with van der Waals surface area (Å²) in [5, 5.41) is 12.2. The van der Waals surface area contributed by atoms with E-state index in [4.69, 9.17) is 20.0 Å². The lowest BCUT2D eigenvalue weighted by atomic mass is 10.1. The topological polar surface area (TPSA) is 125 Å². The third-order valence-corrected chi connectivity index (χ3v) is 6.58. The molecule has 4 aromatic rings. The molecule has 0 aliphatic carbocycles. The summed E-state index contributed by atoms with van der Waals surface area (Å²) in [5.74, 6) is 1.13. The normalized spacial score (nSPS) is 17.8. The average molecular weight is 532 g/mol.